The molecule has 0 amide bonds. The molecule has 0 atom stereocenters. The molecule has 34 heavy (non-hydrogen) atoms. The van der Waals surface area contributed by atoms with Gasteiger partial charge in [0, 0.05) is 35.1 Å². The van der Waals surface area contributed by atoms with Crippen molar-refractivity contribution in [3.63, 3.8) is 0 Å². The monoisotopic (exact) mass is 480 g/mol. The quantitative estimate of drug-likeness (QED) is 0.257. The van der Waals surface area contributed by atoms with E-state index < -0.39 is 38.0 Å². The number of allylic oxidation sites excluding steroid dienone is 2. The zero-order chi connectivity index (χ0) is 24.5. The van der Waals surface area contributed by atoms with E-state index in [9.17, 15) is 17.6 Å². The first-order valence-corrected chi connectivity index (χ1v) is 11.5. The second kappa shape index (κ2) is 8.99. The Labute approximate surface area is 193 Å². The predicted octanol–water partition coefficient (Wildman–Crippen LogP) is 4.93. The van der Waals surface area contributed by atoms with Crippen LogP contribution in [-0.4, -0.2) is 30.4 Å². The Morgan fingerprint density at radius 2 is 1.88 bits per heavy atom. The fourth-order valence-electron chi connectivity index (χ4n) is 3.48. The third-order valence-corrected chi connectivity index (χ3v) is 6.59. The van der Waals surface area contributed by atoms with Crippen molar-refractivity contribution in [2.24, 2.45) is 0 Å². The number of carbonyl (C=O) groups is 1. The van der Waals surface area contributed by atoms with E-state index in [4.69, 9.17) is 5.41 Å². The van der Waals surface area contributed by atoms with Gasteiger partial charge in [0.2, 0.25) is 0 Å². The molecule has 4 rings (SSSR count). The molecule has 2 aromatic carbocycles. The second-order valence-corrected chi connectivity index (χ2v) is 8.89. The zero-order valence-electron chi connectivity index (χ0n) is 17.8. The number of sulfonamides is 1. The molecule has 0 aliphatic carbocycles. The van der Waals surface area contributed by atoms with Crippen molar-refractivity contribution >= 4 is 44.3 Å². The van der Waals surface area contributed by atoms with E-state index in [0.717, 1.165) is 24.4 Å². The summed E-state index contributed by atoms with van der Waals surface area (Å²) in [7, 11) is -4.44. The summed E-state index contributed by atoms with van der Waals surface area (Å²) >= 11 is 0. The van der Waals surface area contributed by atoms with Crippen LogP contribution < -0.4 is 4.72 Å². The molecule has 0 spiro atoms. The summed E-state index contributed by atoms with van der Waals surface area (Å²) in [6.07, 6.45) is 5.81. The van der Waals surface area contributed by atoms with Gasteiger partial charge in [-0.1, -0.05) is 24.3 Å². The van der Waals surface area contributed by atoms with Crippen molar-refractivity contribution < 1.29 is 22.0 Å². The summed E-state index contributed by atoms with van der Waals surface area (Å²) in [5, 5.41) is 7.93. The van der Waals surface area contributed by atoms with Gasteiger partial charge < -0.3 is 10.4 Å². The van der Waals surface area contributed by atoms with Gasteiger partial charge >= 0.3 is 0 Å². The van der Waals surface area contributed by atoms with E-state index >= 15 is 4.39 Å². The van der Waals surface area contributed by atoms with Crippen LogP contribution in [0.1, 0.15) is 28.4 Å². The van der Waals surface area contributed by atoms with E-state index in [1.807, 2.05) is 4.72 Å². The Hall–Kier alpha value is -4.18. The Morgan fingerprint density at radius 1 is 1.12 bits per heavy atom. The minimum atomic E-state index is -4.44. The molecular weight excluding hydrogens is 462 g/mol. The first kappa shape index (κ1) is 23.0. The molecule has 3 N–H and O–H groups in total. The van der Waals surface area contributed by atoms with E-state index in [1.165, 1.54) is 30.5 Å². The van der Waals surface area contributed by atoms with Crippen molar-refractivity contribution in [3.8, 4) is 0 Å². The van der Waals surface area contributed by atoms with Gasteiger partial charge in [-0.3, -0.25) is 9.52 Å². The summed E-state index contributed by atoms with van der Waals surface area (Å²) in [6, 6.07) is 10.0. The molecule has 0 saturated carbocycles. The maximum atomic E-state index is 15.3. The van der Waals surface area contributed by atoms with Gasteiger partial charge in [0.15, 0.2) is 11.6 Å². The lowest BCUT2D eigenvalue weighted by atomic mass is 10.0. The number of carbonyl (C=O) groups excluding carboxylic acids is 1. The number of ketones is 1. The van der Waals surface area contributed by atoms with Crippen LogP contribution in [0, 0.1) is 17.0 Å². The highest BCUT2D eigenvalue weighted by molar-refractivity contribution is 7.92. The maximum Gasteiger partial charge on any atom is 0.264 e. The van der Waals surface area contributed by atoms with Crippen LogP contribution in [0.4, 0.5) is 14.5 Å². The van der Waals surface area contributed by atoms with Crippen molar-refractivity contribution in [2.45, 2.75) is 11.8 Å². The number of aromatic nitrogens is 2. The largest absolute Gasteiger partial charge is 0.345 e. The number of aromatic amines is 1. The van der Waals surface area contributed by atoms with Crippen LogP contribution in [0.15, 0.2) is 71.9 Å². The minimum Gasteiger partial charge on any atom is -0.345 e. The number of fused-ring (bicyclic) bond motifs is 1. The molecule has 2 aromatic heterocycles. The van der Waals surface area contributed by atoms with Crippen LogP contribution in [0.3, 0.4) is 0 Å². The van der Waals surface area contributed by atoms with Gasteiger partial charge in [0.25, 0.3) is 10.0 Å². The molecule has 0 bridgehead atoms. The summed E-state index contributed by atoms with van der Waals surface area (Å²) in [5.74, 6) is -2.79. The highest BCUT2D eigenvalue weighted by atomic mass is 32.2. The molecule has 0 radical (unpaired) electrons. The average Bonchev–Trinajstić information content (AvgIpc) is 3.24. The van der Waals surface area contributed by atoms with Crippen molar-refractivity contribution in [1.82, 2.24) is 9.97 Å². The fourth-order valence-corrected chi connectivity index (χ4v) is 4.62. The number of nitrogens with zero attached hydrogens (tertiary/aromatic N) is 1. The number of benzene rings is 2. The molecule has 2 heterocycles. The first-order chi connectivity index (χ1) is 16.3. The van der Waals surface area contributed by atoms with Gasteiger partial charge in [-0.15, -0.1) is 0 Å². The van der Waals surface area contributed by atoms with E-state index in [-0.39, 0.29) is 11.1 Å². The number of halogens is 2. The number of hydrogen-bond donors (Lipinski definition) is 3. The maximum absolute atomic E-state index is 15.3. The standard InChI is InChI=1S/C24H18F2N4O3S/c1-2-14(11-27)15-10-17-18(13-29-24(17)28-12-15)23(31)16-6-5-8-20(22(16)26)30-34(32,33)21-9-4-3-7-19(21)25/h2-13,27,30H,1H3,(H,28,29)/b14-2+,27-11?. The van der Waals surface area contributed by atoms with Gasteiger partial charge in [0.1, 0.15) is 16.4 Å². The van der Waals surface area contributed by atoms with Crippen molar-refractivity contribution in [1.29, 1.82) is 5.41 Å². The summed E-state index contributed by atoms with van der Waals surface area (Å²) in [6.45, 7) is 1.76. The number of anilines is 1. The highest BCUT2D eigenvalue weighted by Gasteiger charge is 2.24. The predicted molar refractivity (Wildman–Crippen MR) is 126 cm³/mol. The van der Waals surface area contributed by atoms with Crippen molar-refractivity contribution in [3.05, 3.63) is 95.3 Å². The lowest BCUT2D eigenvalue weighted by Gasteiger charge is -2.11. The lowest BCUT2D eigenvalue weighted by Crippen LogP contribution is -2.16. The molecule has 0 fully saturated rings. The van der Waals surface area contributed by atoms with Gasteiger partial charge in [-0.05, 0) is 42.8 Å². The molecule has 4 aromatic rings. The Balaban J connectivity index is 1.74. The Kier molecular flexibility index (Phi) is 6.08. The summed E-state index contributed by atoms with van der Waals surface area (Å²) in [5.41, 5.74) is 0.837. The van der Waals surface area contributed by atoms with E-state index in [2.05, 4.69) is 9.97 Å². The van der Waals surface area contributed by atoms with Crippen LogP contribution in [0.2, 0.25) is 0 Å². The fraction of sp³-hybridized carbons (Fsp3) is 0.0417. The highest BCUT2D eigenvalue weighted by Crippen LogP contribution is 2.28. The number of rotatable bonds is 7. The molecule has 0 saturated heterocycles. The second-order valence-electron chi connectivity index (χ2n) is 7.24. The smallest absolute Gasteiger partial charge is 0.264 e. The first-order valence-electron chi connectivity index (χ1n) is 10.0. The molecule has 0 aliphatic rings. The molecule has 0 unspecified atom stereocenters. The molecule has 0 aliphatic heterocycles. The van der Waals surface area contributed by atoms with E-state index in [1.54, 1.807) is 25.3 Å². The third kappa shape index (κ3) is 4.11. The number of hydrogen-bond acceptors (Lipinski definition) is 5. The van der Waals surface area contributed by atoms with Gasteiger partial charge in [0.05, 0.1) is 11.3 Å². The number of pyridine rings is 1. The number of nitrogens with one attached hydrogen (secondary N) is 3. The van der Waals surface area contributed by atoms with Crippen LogP contribution >= 0.6 is 0 Å². The molecular formula is C24H18F2N4O3S. The molecule has 10 heteroatoms. The van der Waals surface area contributed by atoms with Crippen LogP contribution in [0.25, 0.3) is 16.6 Å². The van der Waals surface area contributed by atoms with Crippen LogP contribution in [0.5, 0.6) is 0 Å². The summed E-state index contributed by atoms with van der Waals surface area (Å²) in [4.78, 5) is 19.7. The zero-order valence-corrected chi connectivity index (χ0v) is 18.6. The normalized spacial score (nSPS) is 12.0. The lowest BCUT2D eigenvalue weighted by molar-refractivity contribution is 0.103. The van der Waals surface area contributed by atoms with Crippen LogP contribution in [-0.2, 0) is 10.0 Å². The molecule has 172 valence electrons. The van der Waals surface area contributed by atoms with Gasteiger partial charge in [-0.25, -0.2) is 22.2 Å². The Morgan fingerprint density at radius 3 is 2.59 bits per heavy atom. The van der Waals surface area contributed by atoms with Gasteiger partial charge in [-0.2, -0.15) is 0 Å². The van der Waals surface area contributed by atoms with E-state index in [0.29, 0.717) is 22.2 Å². The Bertz CT molecular complexity index is 1580. The average molecular weight is 480 g/mol. The topological polar surface area (TPSA) is 116 Å². The minimum absolute atomic E-state index is 0.123. The third-order valence-electron chi connectivity index (χ3n) is 5.19. The number of H-pyrrole nitrogens is 1. The van der Waals surface area contributed by atoms with Crippen molar-refractivity contribution in [2.75, 3.05) is 4.72 Å². The molecule has 7 nitrogen and oxygen atoms in total. The summed E-state index contributed by atoms with van der Waals surface area (Å²) < 4.78 is 56.4. The SMILES string of the molecule is C/C=C(\C=N)c1cnc2[nH]cc(C(=O)c3cccc(NS(=O)(=O)c4ccccc4F)c3F)c2c1.